The van der Waals surface area contributed by atoms with Crippen LogP contribution in [0.5, 0.6) is 0 Å². The van der Waals surface area contributed by atoms with Crippen molar-refractivity contribution >= 4 is 5.69 Å². The standard InChI is InChI=1S/C15H24N2O/c1-4-16-14-9-10-17(11(2)12(3)18)15-8-6-5-7-13(14)15/h5-8,11-12,14,16,18H,4,9-10H2,1-3H3. The van der Waals surface area contributed by atoms with Crippen molar-refractivity contribution in [1.29, 1.82) is 0 Å². The minimum Gasteiger partial charge on any atom is -0.391 e. The molecule has 3 atom stereocenters. The van der Waals surface area contributed by atoms with Gasteiger partial charge in [-0.05, 0) is 38.4 Å². The predicted molar refractivity (Wildman–Crippen MR) is 76.0 cm³/mol. The predicted octanol–water partition coefficient (Wildman–Crippen LogP) is 2.32. The van der Waals surface area contributed by atoms with E-state index in [1.807, 2.05) is 6.92 Å². The largest absolute Gasteiger partial charge is 0.391 e. The van der Waals surface area contributed by atoms with E-state index in [-0.39, 0.29) is 12.1 Å². The first-order valence-electron chi connectivity index (χ1n) is 6.92. The van der Waals surface area contributed by atoms with E-state index >= 15 is 0 Å². The van der Waals surface area contributed by atoms with Crippen LogP contribution in [0.2, 0.25) is 0 Å². The Morgan fingerprint density at radius 3 is 2.78 bits per heavy atom. The summed E-state index contributed by atoms with van der Waals surface area (Å²) in [4.78, 5) is 2.33. The van der Waals surface area contributed by atoms with Gasteiger partial charge in [0, 0.05) is 18.3 Å². The number of hydrogen-bond donors (Lipinski definition) is 2. The highest BCUT2D eigenvalue weighted by atomic mass is 16.3. The number of fused-ring (bicyclic) bond motifs is 1. The van der Waals surface area contributed by atoms with Crippen LogP contribution < -0.4 is 10.2 Å². The van der Waals surface area contributed by atoms with Crippen LogP contribution in [-0.4, -0.2) is 30.3 Å². The van der Waals surface area contributed by atoms with Crippen LogP contribution in [-0.2, 0) is 0 Å². The van der Waals surface area contributed by atoms with Gasteiger partial charge >= 0.3 is 0 Å². The lowest BCUT2D eigenvalue weighted by Gasteiger charge is -2.40. The highest BCUT2D eigenvalue weighted by Crippen LogP contribution is 2.35. The Bertz CT molecular complexity index is 392. The maximum Gasteiger partial charge on any atom is 0.0712 e. The monoisotopic (exact) mass is 248 g/mol. The van der Waals surface area contributed by atoms with E-state index in [1.54, 1.807) is 0 Å². The van der Waals surface area contributed by atoms with Crippen LogP contribution in [0.3, 0.4) is 0 Å². The van der Waals surface area contributed by atoms with Crippen molar-refractivity contribution in [3.05, 3.63) is 29.8 Å². The molecule has 1 aliphatic rings. The lowest BCUT2D eigenvalue weighted by atomic mass is 9.94. The third-order valence-corrected chi connectivity index (χ3v) is 3.92. The Labute approximate surface area is 110 Å². The van der Waals surface area contributed by atoms with Crippen molar-refractivity contribution < 1.29 is 5.11 Å². The molecule has 0 spiro atoms. The number of rotatable bonds is 4. The maximum atomic E-state index is 9.81. The molecule has 0 fully saturated rings. The topological polar surface area (TPSA) is 35.5 Å². The van der Waals surface area contributed by atoms with Crippen molar-refractivity contribution in [3.8, 4) is 0 Å². The molecule has 2 N–H and O–H groups in total. The fourth-order valence-electron chi connectivity index (χ4n) is 2.73. The molecule has 0 aromatic heterocycles. The second-order valence-electron chi connectivity index (χ2n) is 5.13. The summed E-state index contributed by atoms with van der Waals surface area (Å²) in [6.45, 7) is 8.10. The SMILES string of the molecule is CCNC1CCN(C(C)C(C)O)c2ccccc21. The number of para-hydroxylation sites is 1. The van der Waals surface area contributed by atoms with Crippen LogP contribution in [0, 0.1) is 0 Å². The highest BCUT2D eigenvalue weighted by molar-refractivity contribution is 5.57. The first-order valence-corrected chi connectivity index (χ1v) is 6.92. The van der Waals surface area contributed by atoms with Crippen molar-refractivity contribution in [3.63, 3.8) is 0 Å². The molecule has 1 aromatic carbocycles. The van der Waals surface area contributed by atoms with Crippen LogP contribution in [0.25, 0.3) is 0 Å². The molecule has 0 aliphatic carbocycles. The molecule has 18 heavy (non-hydrogen) atoms. The van der Waals surface area contributed by atoms with Gasteiger partial charge in [0.25, 0.3) is 0 Å². The number of hydrogen-bond acceptors (Lipinski definition) is 3. The second kappa shape index (κ2) is 5.72. The van der Waals surface area contributed by atoms with Gasteiger partial charge in [0.1, 0.15) is 0 Å². The van der Waals surface area contributed by atoms with Gasteiger partial charge in [0.15, 0.2) is 0 Å². The zero-order valence-electron chi connectivity index (χ0n) is 11.6. The van der Waals surface area contributed by atoms with E-state index in [9.17, 15) is 5.11 Å². The van der Waals surface area contributed by atoms with Crippen LogP contribution in [0.15, 0.2) is 24.3 Å². The van der Waals surface area contributed by atoms with E-state index < -0.39 is 0 Å². The Kier molecular flexibility index (Phi) is 4.25. The average molecular weight is 248 g/mol. The molecule has 1 heterocycles. The minimum atomic E-state index is -0.311. The number of anilines is 1. The summed E-state index contributed by atoms with van der Waals surface area (Å²) in [5.74, 6) is 0. The van der Waals surface area contributed by atoms with Gasteiger partial charge in [-0.1, -0.05) is 25.1 Å². The number of nitrogens with one attached hydrogen (secondary N) is 1. The minimum absolute atomic E-state index is 0.161. The number of benzene rings is 1. The molecule has 0 saturated heterocycles. The molecular formula is C15H24N2O. The Hall–Kier alpha value is -1.06. The van der Waals surface area contributed by atoms with Crippen molar-refractivity contribution in [2.45, 2.75) is 45.4 Å². The summed E-state index contributed by atoms with van der Waals surface area (Å²) < 4.78 is 0. The number of aliphatic hydroxyl groups excluding tert-OH is 1. The number of aliphatic hydroxyl groups is 1. The first kappa shape index (κ1) is 13.4. The van der Waals surface area contributed by atoms with Gasteiger partial charge in [0.2, 0.25) is 0 Å². The summed E-state index contributed by atoms with van der Waals surface area (Å²) in [6.07, 6.45) is 0.788. The zero-order chi connectivity index (χ0) is 13.1. The van der Waals surface area contributed by atoms with Crippen molar-refractivity contribution in [2.24, 2.45) is 0 Å². The molecule has 0 amide bonds. The molecule has 1 aromatic rings. The Balaban J connectivity index is 2.30. The van der Waals surface area contributed by atoms with E-state index in [0.717, 1.165) is 19.5 Å². The van der Waals surface area contributed by atoms with Gasteiger partial charge in [-0.25, -0.2) is 0 Å². The molecule has 3 unspecified atom stereocenters. The lowest BCUT2D eigenvalue weighted by Crippen LogP contribution is -2.45. The van der Waals surface area contributed by atoms with Crippen LogP contribution in [0.4, 0.5) is 5.69 Å². The average Bonchev–Trinajstić information content (AvgIpc) is 2.38. The van der Waals surface area contributed by atoms with Crippen LogP contribution in [0.1, 0.15) is 38.8 Å². The lowest BCUT2D eigenvalue weighted by molar-refractivity contribution is 0.164. The molecule has 2 rings (SSSR count). The van der Waals surface area contributed by atoms with E-state index in [4.69, 9.17) is 0 Å². The quantitative estimate of drug-likeness (QED) is 0.858. The van der Waals surface area contributed by atoms with Gasteiger partial charge < -0.3 is 15.3 Å². The van der Waals surface area contributed by atoms with E-state index in [2.05, 4.69) is 48.3 Å². The van der Waals surface area contributed by atoms with Gasteiger partial charge in [0.05, 0.1) is 12.1 Å². The van der Waals surface area contributed by atoms with Crippen molar-refractivity contribution in [1.82, 2.24) is 5.32 Å². The zero-order valence-corrected chi connectivity index (χ0v) is 11.6. The summed E-state index contributed by atoms with van der Waals surface area (Å²) in [5.41, 5.74) is 2.63. The maximum absolute atomic E-state index is 9.81. The highest BCUT2D eigenvalue weighted by Gasteiger charge is 2.28. The molecule has 3 heteroatoms. The normalized spacial score (nSPS) is 22.4. The molecule has 3 nitrogen and oxygen atoms in total. The fraction of sp³-hybridized carbons (Fsp3) is 0.600. The van der Waals surface area contributed by atoms with Crippen LogP contribution >= 0.6 is 0 Å². The number of nitrogens with zero attached hydrogens (tertiary/aromatic N) is 1. The third-order valence-electron chi connectivity index (χ3n) is 3.92. The second-order valence-corrected chi connectivity index (χ2v) is 5.13. The summed E-state index contributed by atoms with van der Waals surface area (Å²) >= 11 is 0. The molecule has 1 aliphatic heterocycles. The first-order chi connectivity index (χ1) is 8.65. The van der Waals surface area contributed by atoms with Gasteiger partial charge in [-0.2, -0.15) is 0 Å². The fourth-order valence-corrected chi connectivity index (χ4v) is 2.73. The summed E-state index contributed by atoms with van der Waals surface area (Å²) in [7, 11) is 0. The molecule has 100 valence electrons. The summed E-state index contributed by atoms with van der Waals surface area (Å²) in [5, 5.41) is 13.4. The Morgan fingerprint density at radius 1 is 1.39 bits per heavy atom. The van der Waals surface area contributed by atoms with Crippen molar-refractivity contribution in [2.75, 3.05) is 18.0 Å². The van der Waals surface area contributed by atoms with Gasteiger partial charge in [-0.15, -0.1) is 0 Å². The molecule has 0 radical (unpaired) electrons. The molecular weight excluding hydrogens is 224 g/mol. The smallest absolute Gasteiger partial charge is 0.0712 e. The third kappa shape index (κ3) is 2.52. The van der Waals surface area contributed by atoms with Gasteiger partial charge in [-0.3, -0.25) is 0 Å². The summed E-state index contributed by atoms with van der Waals surface area (Å²) in [6, 6.07) is 9.15. The molecule has 0 bridgehead atoms. The van der Waals surface area contributed by atoms with E-state index in [1.165, 1.54) is 11.3 Å². The molecule has 0 saturated carbocycles. The Morgan fingerprint density at radius 2 is 2.11 bits per heavy atom. The van der Waals surface area contributed by atoms with E-state index in [0.29, 0.717) is 6.04 Å².